The van der Waals surface area contributed by atoms with E-state index in [2.05, 4.69) is 163 Å². The Balaban J connectivity index is 0.996. The first-order chi connectivity index (χ1) is 32.2. The number of benzene rings is 9. The van der Waals surface area contributed by atoms with Crippen molar-refractivity contribution in [2.24, 2.45) is 0 Å². The van der Waals surface area contributed by atoms with Gasteiger partial charge in [0.1, 0.15) is 23.0 Å². The van der Waals surface area contributed by atoms with Crippen molar-refractivity contribution in [2.45, 2.75) is 0 Å². The van der Waals surface area contributed by atoms with Gasteiger partial charge in [0.05, 0.1) is 5.69 Å². The Hall–Kier alpha value is -8.33. The summed E-state index contributed by atoms with van der Waals surface area (Å²) in [7, 11) is -2.81. The number of nitrogens with zero attached hydrogens (tertiary/aromatic N) is 4. The van der Waals surface area contributed by atoms with E-state index < -0.39 is 8.07 Å². The second-order valence-corrected chi connectivity index (χ2v) is 20.4. The molecule has 0 unspecified atom stereocenters. The Morgan fingerprint density at radius 1 is 0.369 bits per heavy atom. The first-order valence-electron chi connectivity index (χ1n) is 22.0. The minimum atomic E-state index is -2.81. The van der Waals surface area contributed by atoms with Gasteiger partial charge in [0.2, 0.25) is 0 Å². The van der Waals surface area contributed by atoms with Crippen molar-refractivity contribution in [2.75, 3.05) is 4.90 Å². The van der Waals surface area contributed by atoms with Crippen LogP contribution in [0.1, 0.15) is 0 Å². The average molecular weight is 849 g/mol. The first kappa shape index (κ1) is 37.2. The highest BCUT2D eigenvalue weighted by Crippen LogP contribution is 2.44. The number of para-hydroxylation sites is 3. The highest BCUT2D eigenvalue weighted by molar-refractivity contribution is 7.21. The number of rotatable bonds is 6. The van der Waals surface area contributed by atoms with E-state index in [4.69, 9.17) is 24.4 Å². The van der Waals surface area contributed by atoms with Gasteiger partial charge in [-0.25, -0.2) is 15.0 Å². The van der Waals surface area contributed by atoms with Crippen molar-refractivity contribution in [3.63, 3.8) is 0 Å². The molecule has 3 aliphatic rings. The second kappa shape index (κ2) is 14.9. The standard InChI is InChI=1S/C57H37BN4O2Si/c1-5-19-38(20-6-1)55-59-56(39-21-7-2-8-22-39)61-57(60-55)40-33-34-45-49(35-40)64-51-37-41(36-50-54(51)58(45)44-27-13-16-30-48(44)63-50)62-46-28-14-17-31-52(46)65(42-23-9-3-10-24-42,43-25-11-4-12-26-43)53-32-18-15-29-47(53)62/h1-37H. The zero-order chi connectivity index (χ0) is 42.9. The zero-order valence-corrected chi connectivity index (χ0v) is 36.0. The average Bonchev–Trinajstić information content (AvgIpc) is 3.38. The van der Waals surface area contributed by atoms with Gasteiger partial charge in [-0.05, 0) is 55.9 Å². The lowest BCUT2D eigenvalue weighted by Gasteiger charge is -2.45. The molecule has 6 nitrogen and oxygen atoms in total. The summed E-state index contributed by atoms with van der Waals surface area (Å²) in [6.07, 6.45) is 0. The number of aromatic nitrogens is 3. The lowest BCUT2D eigenvalue weighted by Crippen LogP contribution is -2.77. The van der Waals surface area contributed by atoms with Gasteiger partial charge >= 0.3 is 0 Å². The van der Waals surface area contributed by atoms with Crippen LogP contribution in [0.2, 0.25) is 0 Å². The Morgan fingerprint density at radius 3 is 1.38 bits per heavy atom. The highest BCUT2D eigenvalue weighted by atomic mass is 28.3. The predicted octanol–water partition coefficient (Wildman–Crippen LogP) is 8.76. The summed E-state index contributed by atoms with van der Waals surface area (Å²) >= 11 is 0. The van der Waals surface area contributed by atoms with Gasteiger partial charge in [-0.2, -0.15) is 0 Å². The molecule has 9 aromatic carbocycles. The molecule has 65 heavy (non-hydrogen) atoms. The second-order valence-electron chi connectivity index (χ2n) is 16.7. The molecule has 0 aliphatic carbocycles. The van der Waals surface area contributed by atoms with Crippen LogP contribution in [-0.4, -0.2) is 29.7 Å². The van der Waals surface area contributed by atoms with E-state index in [9.17, 15) is 0 Å². The van der Waals surface area contributed by atoms with Crippen molar-refractivity contribution >= 4 is 69.0 Å². The molecule has 304 valence electrons. The molecular weight excluding hydrogens is 812 g/mol. The summed E-state index contributed by atoms with van der Waals surface area (Å²) in [5.74, 6) is 4.91. The summed E-state index contributed by atoms with van der Waals surface area (Å²) in [4.78, 5) is 17.5. The molecule has 0 radical (unpaired) electrons. The molecule has 0 bridgehead atoms. The van der Waals surface area contributed by atoms with E-state index in [1.807, 2.05) is 66.7 Å². The zero-order valence-electron chi connectivity index (χ0n) is 35.0. The van der Waals surface area contributed by atoms with Crippen molar-refractivity contribution in [1.29, 1.82) is 0 Å². The Morgan fingerprint density at radius 2 is 0.815 bits per heavy atom. The maximum atomic E-state index is 7.15. The Labute approximate surface area is 378 Å². The Bertz CT molecular complexity index is 3320. The summed E-state index contributed by atoms with van der Waals surface area (Å²) in [6.45, 7) is -0.118. The highest BCUT2D eigenvalue weighted by Gasteiger charge is 2.49. The van der Waals surface area contributed by atoms with E-state index in [1.165, 1.54) is 20.7 Å². The monoisotopic (exact) mass is 848 g/mol. The third-order valence-corrected chi connectivity index (χ3v) is 18.0. The molecule has 0 amide bonds. The van der Waals surface area contributed by atoms with E-state index >= 15 is 0 Å². The molecule has 1 aromatic heterocycles. The van der Waals surface area contributed by atoms with Gasteiger partial charge < -0.3 is 14.4 Å². The van der Waals surface area contributed by atoms with E-state index in [0.717, 1.165) is 73.1 Å². The quantitative estimate of drug-likeness (QED) is 0.156. The van der Waals surface area contributed by atoms with Crippen LogP contribution in [-0.2, 0) is 0 Å². The van der Waals surface area contributed by atoms with Crippen LogP contribution in [0.3, 0.4) is 0 Å². The largest absolute Gasteiger partial charge is 0.458 e. The first-order valence-corrected chi connectivity index (χ1v) is 24.0. The molecule has 0 atom stereocenters. The molecule has 0 saturated carbocycles. The molecule has 4 heterocycles. The van der Waals surface area contributed by atoms with E-state index in [-0.39, 0.29) is 6.71 Å². The third kappa shape index (κ3) is 5.84. The van der Waals surface area contributed by atoms with E-state index in [0.29, 0.717) is 17.5 Å². The SMILES string of the molecule is c1ccc(-c2nc(-c3ccccc3)nc(-c3ccc4c(c3)Oc3cc(N5c6ccccc6[Si](c6ccccc6)(c6ccccc6)c6ccccc65)cc5c3B4c3ccccc3O5)n2)cc1. The summed E-state index contributed by atoms with van der Waals surface area (Å²) in [5.41, 5.74) is 9.08. The van der Waals surface area contributed by atoms with Crippen molar-refractivity contribution in [3.05, 3.63) is 224 Å². The number of anilines is 3. The summed E-state index contributed by atoms with van der Waals surface area (Å²) < 4.78 is 14.1. The fourth-order valence-electron chi connectivity index (χ4n) is 10.3. The van der Waals surface area contributed by atoms with Gasteiger partial charge in [-0.3, -0.25) is 0 Å². The fraction of sp³-hybridized carbons (Fsp3) is 0. The molecular formula is C57H37BN4O2Si. The molecule has 10 aromatic rings. The minimum absolute atomic E-state index is 0.118. The number of ether oxygens (including phenoxy) is 2. The maximum Gasteiger partial charge on any atom is 0.260 e. The topological polar surface area (TPSA) is 60.4 Å². The van der Waals surface area contributed by atoms with Crippen LogP contribution in [0, 0.1) is 0 Å². The molecule has 0 saturated heterocycles. The van der Waals surface area contributed by atoms with Gasteiger partial charge in [0, 0.05) is 45.7 Å². The smallest absolute Gasteiger partial charge is 0.260 e. The predicted molar refractivity (Wildman–Crippen MR) is 266 cm³/mol. The van der Waals surface area contributed by atoms with Gasteiger partial charge in [-0.1, -0.05) is 188 Å². The van der Waals surface area contributed by atoms with Crippen LogP contribution >= 0.6 is 0 Å². The number of hydrogen-bond acceptors (Lipinski definition) is 6. The molecule has 3 aliphatic heterocycles. The summed E-state index contributed by atoms with van der Waals surface area (Å²) in [6, 6.07) is 79.4. The number of fused-ring (bicyclic) bond motifs is 6. The lowest BCUT2D eigenvalue weighted by molar-refractivity contribution is 0.465. The van der Waals surface area contributed by atoms with Crippen LogP contribution in [0.5, 0.6) is 23.0 Å². The third-order valence-electron chi connectivity index (χ3n) is 13.1. The molecule has 0 N–H and O–H groups in total. The van der Waals surface area contributed by atoms with Crippen molar-refractivity contribution in [1.82, 2.24) is 15.0 Å². The van der Waals surface area contributed by atoms with Gasteiger partial charge in [0.15, 0.2) is 25.5 Å². The Kier molecular flexibility index (Phi) is 8.54. The van der Waals surface area contributed by atoms with Crippen LogP contribution in [0.4, 0.5) is 17.1 Å². The van der Waals surface area contributed by atoms with E-state index in [1.54, 1.807) is 0 Å². The normalized spacial score (nSPS) is 13.5. The number of hydrogen-bond donors (Lipinski definition) is 0. The fourth-order valence-corrected chi connectivity index (χ4v) is 15.4. The van der Waals surface area contributed by atoms with Gasteiger partial charge in [-0.15, -0.1) is 0 Å². The lowest BCUT2D eigenvalue weighted by atomic mass is 9.35. The van der Waals surface area contributed by atoms with Crippen molar-refractivity contribution in [3.8, 4) is 57.2 Å². The maximum absolute atomic E-state index is 7.15. The molecule has 0 fully saturated rings. The van der Waals surface area contributed by atoms with Crippen LogP contribution in [0.15, 0.2) is 224 Å². The van der Waals surface area contributed by atoms with Gasteiger partial charge in [0.25, 0.3) is 6.71 Å². The van der Waals surface area contributed by atoms with Crippen LogP contribution in [0.25, 0.3) is 34.2 Å². The van der Waals surface area contributed by atoms with Crippen molar-refractivity contribution < 1.29 is 9.47 Å². The molecule has 8 heteroatoms. The molecule has 0 spiro atoms. The van der Waals surface area contributed by atoms with Crippen LogP contribution < -0.4 is 51.5 Å². The molecule has 13 rings (SSSR count). The summed E-state index contributed by atoms with van der Waals surface area (Å²) in [5, 5.41) is 5.33. The minimum Gasteiger partial charge on any atom is -0.458 e.